The minimum atomic E-state index is -0.00335. The zero-order valence-electron chi connectivity index (χ0n) is 11.7. The van der Waals surface area contributed by atoms with Crippen molar-refractivity contribution >= 4 is 22.0 Å². The molecule has 106 valence electrons. The lowest BCUT2D eigenvalue weighted by atomic mass is 10.1. The summed E-state index contributed by atoms with van der Waals surface area (Å²) in [7, 11) is 0. The molecule has 4 nitrogen and oxygen atoms in total. The summed E-state index contributed by atoms with van der Waals surface area (Å²) in [5.74, 6) is 0. The number of para-hydroxylation sites is 1. The number of hydrogen-bond donors (Lipinski definition) is 0. The third-order valence-electron chi connectivity index (χ3n) is 4.04. The van der Waals surface area contributed by atoms with Gasteiger partial charge in [-0.3, -0.25) is 9.20 Å². The van der Waals surface area contributed by atoms with Crippen molar-refractivity contribution < 1.29 is 0 Å². The van der Waals surface area contributed by atoms with Crippen molar-refractivity contribution in [3.63, 3.8) is 0 Å². The largest absolute Gasteiger partial charge is 0.362 e. The van der Waals surface area contributed by atoms with Crippen molar-refractivity contribution in [3.05, 3.63) is 63.5 Å². The summed E-state index contributed by atoms with van der Waals surface area (Å²) in [6, 6.07) is 10.6. The van der Waals surface area contributed by atoms with Crippen LogP contribution in [0.5, 0.6) is 0 Å². The normalized spacial score (nSPS) is 17.4. The Balaban J connectivity index is 1.73. The Morgan fingerprint density at radius 1 is 1.38 bits per heavy atom. The maximum Gasteiger partial charge on any atom is 0.258 e. The smallest absolute Gasteiger partial charge is 0.258 e. The highest BCUT2D eigenvalue weighted by Crippen LogP contribution is 2.32. The summed E-state index contributed by atoms with van der Waals surface area (Å²) in [5, 5.41) is 1.89. The van der Waals surface area contributed by atoms with Crippen LogP contribution in [-0.4, -0.2) is 15.4 Å². The van der Waals surface area contributed by atoms with Gasteiger partial charge in [-0.15, -0.1) is 11.3 Å². The van der Waals surface area contributed by atoms with E-state index >= 15 is 0 Å². The molecule has 1 aliphatic heterocycles. The van der Waals surface area contributed by atoms with Crippen LogP contribution in [-0.2, 0) is 13.0 Å². The first-order valence-corrected chi connectivity index (χ1v) is 7.91. The molecule has 0 saturated carbocycles. The van der Waals surface area contributed by atoms with E-state index in [2.05, 4.69) is 41.1 Å². The van der Waals surface area contributed by atoms with Gasteiger partial charge < -0.3 is 4.90 Å². The second-order valence-electron chi connectivity index (χ2n) is 5.45. The van der Waals surface area contributed by atoms with E-state index < -0.39 is 0 Å². The molecule has 1 aliphatic rings. The Kier molecular flexibility index (Phi) is 2.82. The lowest BCUT2D eigenvalue weighted by Gasteiger charge is -2.24. The van der Waals surface area contributed by atoms with Gasteiger partial charge in [0, 0.05) is 29.4 Å². The molecule has 0 spiro atoms. The molecule has 5 heteroatoms. The van der Waals surface area contributed by atoms with Gasteiger partial charge in [-0.25, -0.2) is 4.98 Å². The van der Waals surface area contributed by atoms with Gasteiger partial charge in [0.15, 0.2) is 4.96 Å². The third kappa shape index (κ3) is 2.05. The van der Waals surface area contributed by atoms with Crippen LogP contribution in [0.1, 0.15) is 18.2 Å². The van der Waals surface area contributed by atoms with Crippen LogP contribution < -0.4 is 10.5 Å². The first-order chi connectivity index (χ1) is 10.2. The van der Waals surface area contributed by atoms with E-state index in [1.165, 1.54) is 22.6 Å². The Morgan fingerprint density at radius 3 is 3.14 bits per heavy atom. The molecule has 4 rings (SSSR count). The Morgan fingerprint density at radius 2 is 2.24 bits per heavy atom. The molecule has 1 aromatic carbocycles. The number of thiazole rings is 1. The van der Waals surface area contributed by atoms with Crippen LogP contribution in [0.2, 0.25) is 0 Å². The van der Waals surface area contributed by atoms with Crippen molar-refractivity contribution in [3.8, 4) is 0 Å². The molecule has 0 bridgehead atoms. The second-order valence-corrected chi connectivity index (χ2v) is 6.32. The molecule has 0 saturated heterocycles. The average Bonchev–Trinajstić information content (AvgIpc) is 3.05. The molecular formula is C16H15N3OS. The summed E-state index contributed by atoms with van der Waals surface area (Å²) in [6.45, 7) is 2.90. The molecule has 0 amide bonds. The van der Waals surface area contributed by atoms with Gasteiger partial charge in [0.2, 0.25) is 0 Å². The molecule has 3 aromatic rings. The molecular weight excluding hydrogens is 282 g/mol. The number of nitrogens with zero attached hydrogens (tertiary/aromatic N) is 3. The van der Waals surface area contributed by atoms with Gasteiger partial charge >= 0.3 is 0 Å². The van der Waals surface area contributed by atoms with Crippen LogP contribution in [0.4, 0.5) is 5.69 Å². The summed E-state index contributed by atoms with van der Waals surface area (Å²) in [6.07, 6.45) is 2.82. The molecule has 2 aromatic heterocycles. The fourth-order valence-corrected chi connectivity index (χ4v) is 3.75. The maximum absolute atomic E-state index is 12.1. The molecule has 3 heterocycles. The zero-order valence-corrected chi connectivity index (χ0v) is 12.5. The van der Waals surface area contributed by atoms with Crippen LogP contribution in [0.3, 0.4) is 0 Å². The first-order valence-electron chi connectivity index (χ1n) is 7.03. The van der Waals surface area contributed by atoms with Gasteiger partial charge in [-0.1, -0.05) is 18.2 Å². The standard InChI is InChI=1S/C16H15N3OS/c1-11-8-12-4-2-3-5-14(12)19(11)10-13-9-15(20)18-6-7-21-16(18)17-13/h2-7,9,11H,8,10H2,1H3/t11-/m0/s1. The average molecular weight is 297 g/mol. The Labute approximate surface area is 126 Å². The third-order valence-corrected chi connectivity index (χ3v) is 4.79. The van der Waals surface area contributed by atoms with Crippen LogP contribution in [0.25, 0.3) is 4.96 Å². The summed E-state index contributed by atoms with van der Waals surface area (Å²) in [4.78, 5) is 19.8. The minimum Gasteiger partial charge on any atom is -0.362 e. The van der Waals surface area contributed by atoms with Crippen molar-refractivity contribution in [2.45, 2.75) is 25.9 Å². The lowest BCUT2D eigenvalue weighted by Crippen LogP contribution is -2.29. The van der Waals surface area contributed by atoms with Crippen LogP contribution >= 0.6 is 11.3 Å². The maximum atomic E-state index is 12.1. The number of aromatic nitrogens is 2. The molecule has 1 atom stereocenters. The van der Waals surface area contributed by atoms with Crippen molar-refractivity contribution in [1.82, 2.24) is 9.38 Å². The van der Waals surface area contributed by atoms with E-state index in [0.29, 0.717) is 12.6 Å². The monoisotopic (exact) mass is 297 g/mol. The summed E-state index contributed by atoms with van der Waals surface area (Å²) in [5.41, 5.74) is 3.47. The van der Waals surface area contributed by atoms with E-state index in [-0.39, 0.29) is 5.56 Å². The van der Waals surface area contributed by atoms with Crippen molar-refractivity contribution in [1.29, 1.82) is 0 Å². The number of anilines is 1. The molecule has 0 N–H and O–H groups in total. The Bertz CT molecular complexity index is 867. The molecule has 0 radical (unpaired) electrons. The fourth-order valence-electron chi connectivity index (χ4n) is 3.01. The van der Waals surface area contributed by atoms with Crippen LogP contribution in [0.15, 0.2) is 46.7 Å². The number of benzene rings is 1. The number of hydrogen-bond acceptors (Lipinski definition) is 4. The SMILES string of the molecule is C[C@H]1Cc2ccccc2N1Cc1cc(=O)n2ccsc2n1. The highest BCUT2D eigenvalue weighted by molar-refractivity contribution is 7.15. The molecule has 21 heavy (non-hydrogen) atoms. The van der Waals surface area contributed by atoms with E-state index in [9.17, 15) is 4.79 Å². The Hall–Kier alpha value is -2.14. The van der Waals surface area contributed by atoms with E-state index in [0.717, 1.165) is 17.1 Å². The molecule has 0 unspecified atom stereocenters. The fraction of sp³-hybridized carbons (Fsp3) is 0.250. The predicted molar refractivity (Wildman–Crippen MR) is 85.1 cm³/mol. The minimum absolute atomic E-state index is 0.00335. The predicted octanol–water partition coefficient (Wildman–Crippen LogP) is 2.71. The lowest BCUT2D eigenvalue weighted by molar-refractivity contribution is 0.664. The van der Waals surface area contributed by atoms with Gasteiger partial charge in [-0.05, 0) is 25.0 Å². The van der Waals surface area contributed by atoms with E-state index in [1.807, 2.05) is 5.38 Å². The summed E-state index contributed by atoms with van der Waals surface area (Å²) >= 11 is 1.49. The van der Waals surface area contributed by atoms with Crippen molar-refractivity contribution in [2.75, 3.05) is 4.90 Å². The van der Waals surface area contributed by atoms with Gasteiger partial charge in [0.05, 0.1) is 12.2 Å². The summed E-state index contributed by atoms with van der Waals surface area (Å²) < 4.78 is 1.59. The molecule has 0 fully saturated rings. The number of fused-ring (bicyclic) bond motifs is 2. The van der Waals surface area contributed by atoms with E-state index in [4.69, 9.17) is 0 Å². The topological polar surface area (TPSA) is 37.6 Å². The number of rotatable bonds is 2. The second kappa shape index (κ2) is 4.70. The first kappa shape index (κ1) is 12.6. The molecule has 0 aliphatic carbocycles. The van der Waals surface area contributed by atoms with Gasteiger partial charge in [0.25, 0.3) is 5.56 Å². The quantitative estimate of drug-likeness (QED) is 0.730. The highest BCUT2D eigenvalue weighted by Gasteiger charge is 2.25. The highest BCUT2D eigenvalue weighted by atomic mass is 32.1. The van der Waals surface area contributed by atoms with Gasteiger partial charge in [0.1, 0.15) is 0 Å². The van der Waals surface area contributed by atoms with Crippen LogP contribution in [0, 0.1) is 0 Å². The van der Waals surface area contributed by atoms with E-state index in [1.54, 1.807) is 16.7 Å². The zero-order chi connectivity index (χ0) is 14.4. The van der Waals surface area contributed by atoms with Gasteiger partial charge in [-0.2, -0.15) is 0 Å². The van der Waals surface area contributed by atoms with Crippen molar-refractivity contribution in [2.24, 2.45) is 0 Å².